The van der Waals surface area contributed by atoms with Crippen LogP contribution in [-0.4, -0.2) is 26.2 Å². The molecule has 1 unspecified atom stereocenters. The number of imide groups is 1. The van der Waals surface area contributed by atoms with E-state index >= 15 is 0 Å². The van der Waals surface area contributed by atoms with Crippen LogP contribution < -0.4 is 14.8 Å². The Bertz CT molecular complexity index is 513. The summed E-state index contributed by atoms with van der Waals surface area (Å²) in [5.41, 5.74) is -0.968. The fraction of sp³-hybridized carbons (Fsp3) is 0.333. The number of methoxy groups -OCH3 is 2. The van der Waals surface area contributed by atoms with E-state index in [2.05, 4.69) is 5.32 Å². The van der Waals surface area contributed by atoms with Crippen LogP contribution in [0.25, 0.3) is 0 Å². The normalized spacial score (nSPS) is 22.4. The zero-order valence-electron chi connectivity index (χ0n) is 10.3. The van der Waals surface area contributed by atoms with E-state index < -0.39 is 17.6 Å². The van der Waals surface area contributed by atoms with Crippen molar-refractivity contribution in [2.24, 2.45) is 0 Å². The maximum atomic E-state index is 11.8. The number of carbonyl (C=O) groups is 2. The van der Waals surface area contributed by atoms with Gasteiger partial charge in [0, 0.05) is 0 Å². The average Bonchev–Trinajstić information content (AvgIpc) is 2.63. The number of hydrogen-bond acceptors (Lipinski definition) is 5. The Balaban J connectivity index is 2.55. The summed E-state index contributed by atoms with van der Waals surface area (Å²) in [6.07, 6.45) is -0.771. The Kier molecular flexibility index (Phi) is 2.86. The number of benzene rings is 1. The second-order valence-electron chi connectivity index (χ2n) is 3.94. The summed E-state index contributed by atoms with van der Waals surface area (Å²) < 4.78 is 15.3. The maximum Gasteiger partial charge on any atom is 0.415 e. The second-order valence-corrected chi connectivity index (χ2v) is 3.94. The van der Waals surface area contributed by atoms with Gasteiger partial charge in [0.25, 0.3) is 5.91 Å². The van der Waals surface area contributed by atoms with Gasteiger partial charge in [0.2, 0.25) is 5.60 Å². The summed E-state index contributed by atoms with van der Waals surface area (Å²) in [6.45, 7) is 1.50. The Hall–Kier alpha value is -2.24. The van der Waals surface area contributed by atoms with E-state index in [0.717, 1.165) is 0 Å². The van der Waals surface area contributed by atoms with E-state index in [-0.39, 0.29) is 0 Å². The zero-order valence-corrected chi connectivity index (χ0v) is 10.3. The predicted molar refractivity (Wildman–Crippen MR) is 61.5 cm³/mol. The van der Waals surface area contributed by atoms with Gasteiger partial charge in [-0.3, -0.25) is 10.1 Å². The van der Waals surface area contributed by atoms with Gasteiger partial charge in [-0.1, -0.05) is 0 Å². The monoisotopic (exact) mass is 251 g/mol. The minimum absolute atomic E-state index is 0.438. The van der Waals surface area contributed by atoms with Crippen molar-refractivity contribution in [3.05, 3.63) is 23.8 Å². The van der Waals surface area contributed by atoms with Crippen LogP contribution in [0.5, 0.6) is 11.5 Å². The number of amides is 2. The van der Waals surface area contributed by atoms with Crippen LogP contribution >= 0.6 is 0 Å². The average molecular weight is 251 g/mol. The summed E-state index contributed by atoms with van der Waals surface area (Å²) in [5, 5.41) is 2.10. The van der Waals surface area contributed by atoms with Crippen molar-refractivity contribution in [3.63, 3.8) is 0 Å². The smallest absolute Gasteiger partial charge is 0.415 e. The summed E-state index contributed by atoms with van der Waals surface area (Å²) in [6, 6.07) is 4.95. The SMILES string of the molecule is COc1ccc(OC)c(C2(C)OC(=O)NC2=O)c1. The van der Waals surface area contributed by atoms with Crippen LogP contribution in [0.2, 0.25) is 0 Å². The molecule has 1 saturated heterocycles. The highest BCUT2D eigenvalue weighted by Gasteiger charge is 2.48. The molecule has 6 nitrogen and oxygen atoms in total. The molecule has 1 fully saturated rings. The molecule has 0 aromatic heterocycles. The van der Waals surface area contributed by atoms with Gasteiger partial charge in [0.15, 0.2) is 0 Å². The second kappa shape index (κ2) is 4.21. The van der Waals surface area contributed by atoms with Crippen molar-refractivity contribution in [3.8, 4) is 11.5 Å². The Labute approximate surface area is 104 Å². The fourth-order valence-electron chi connectivity index (χ4n) is 1.83. The summed E-state index contributed by atoms with van der Waals surface area (Å²) in [4.78, 5) is 23.0. The van der Waals surface area contributed by atoms with Gasteiger partial charge in [-0.2, -0.15) is 0 Å². The van der Waals surface area contributed by atoms with Crippen LogP contribution in [-0.2, 0) is 15.1 Å². The third-order valence-electron chi connectivity index (χ3n) is 2.87. The molecule has 0 aliphatic carbocycles. The first-order valence-corrected chi connectivity index (χ1v) is 5.28. The third-order valence-corrected chi connectivity index (χ3v) is 2.87. The minimum Gasteiger partial charge on any atom is -0.497 e. The molecular weight excluding hydrogens is 238 g/mol. The van der Waals surface area contributed by atoms with Gasteiger partial charge < -0.3 is 14.2 Å². The van der Waals surface area contributed by atoms with Gasteiger partial charge in [-0.05, 0) is 25.1 Å². The molecule has 96 valence electrons. The lowest BCUT2D eigenvalue weighted by Gasteiger charge is -2.22. The van der Waals surface area contributed by atoms with Crippen LogP contribution in [0.15, 0.2) is 18.2 Å². The van der Waals surface area contributed by atoms with Crippen molar-refractivity contribution in [2.45, 2.75) is 12.5 Å². The van der Waals surface area contributed by atoms with Crippen LogP contribution in [0, 0.1) is 0 Å². The topological polar surface area (TPSA) is 73.9 Å². The largest absolute Gasteiger partial charge is 0.497 e. The lowest BCUT2D eigenvalue weighted by atomic mass is 9.94. The number of carbonyl (C=O) groups excluding carboxylic acids is 2. The van der Waals surface area contributed by atoms with E-state index in [0.29, 0.717) is 17.1 Å². The van der Waals surface area contributed by atoms with Gasteiger partial charge in [0.05, 0.1) is 19.8 Å². The number of ether oxygens (including phenoxy) is 3. The molecule has 1 heterocycles. The summed E-state index contributed by atoms with van der Waals surface area (Å²) in [5.74, 6) is 0.463. The molecular formula is C12H13NO5. The molecule has 0 spiro atoms. The molecule has 6 heteroatoms. The van der Waals surface area contributed by atoms with Crippen molar-refractivity contribution in [1.29, 1.82) is 0 Å². The third kappa shape index (κ3) is 1.75. The number of hydrogen-bond donors (Lipinski definition) is 1. The molecule has 2 amide bonds. The molecule has 1 aromatic rings. The maximum absolute atomic E-state index is 11.8. The van der Waals surface area contributed by atoms with Crippen LogP contribution in [0.4, 0.5) is 4.79 Å². The highest BCUT2D eigenvalue weighted by atomic mass is 16.6. The Morgan fingerprint density at radius 1 is 1.22 bits per heavy atom. The lowest BCUT2D eigenvalue weighted by Crippen LogP contribution is -2.33. The number of alkyl carbamates (subject to hydrolysis) is 1. The van der Waals surface area contributed by atoms with E-state index in [4.69, 9.17) is 14.2 Å². The standard InChI is InChI=1S/C12H13NO5/c1-12(10(14)13-11(15)18-12)8-6-7(16-2)4-5-9(8)17-3/h4-6H,1-3H3,(H,13,14,15). The number of cyclic esters (lactones) is 1. The number of rotatable bonds is 3. The summed E-state index contributed by atoms with van der Waals surface area (Å²) >= 11 is 0. The molecule has 1 aromatic carbocycles. The van der Waals surface area contributed by atoms with E-state index in [1.165, 1.54) is 21.1 Å². The first-order chi connectivity index (χ1) is 8.51. The van der Waals surface area contributed by atoms with Gasteiger partial charge in [0.1, 0.15) is 11.5 Å². The fourth-order valence-corrected chi connectivity index (χ4v) is 1.83. The number of nitrogens with one attached hydrogen (secondary N) is 1. The highest BCUT2D eigenvalue weighted by Crippen LogP contribution is 2.38. The minimum atomic E-state index is -1.41. The van der Waals surface area contributed by atoms with Crippen LogP contribution in [0.3, 0.4) is 0 Å². The molecule has 1 N–H and O–H groups in total. The predicted octanol–water partition coefficient (Wildman–Crippen LogP) is 1.19. The quantitative estimate of drug-likeness (QED) is 0.873. The van der Waals surface area contributed by atoms with Gasteiger partial charge in [-0.25, -0.2) is 4.79 Å². The molecule has 0 bridgehead atoms. The van der Waals surface area contributed by atoms with Crippen molar-refractivity contribution in [2.75, 3.05) is 14.2 Å². The molecule has 18 heavy (non-hydrogen) atoms. The van der Waals surface area contributed by atoms with E-state index in [9.17, 15) is 9.59 Å². The summed E-state index contributed by atoms with van der Waals surface area (Å²) in [7, 11) is 2.98. The van der Waals surface area contributed by atoms with Gasteiger partial charge >= 0.3 is 6.09 Å². The first kappa shape index (κ1) is 12.2. The molecule has 1 aliphatic heterocycles. The highest BCUT2D eigenvalue weighted by molar-refractivity contribution is 6.03. The molecule has 2 rings (SSSR count). The van der Waals surface area contributed by atoms with Gasteiger partial charge in [-0.15, -0.1) is 0 Å². The molecule has 1 aliphatic rings. The first-order valence-electron chi connectivity index (χ1n) is 5.28. The van der Waals surface area contributed by atoms with Crippen molar-refractivity contribution in [1.82, 2.24) is 5.32 Å². The van der Waals surface area contributed by atoms with Crippen molar-refractivity contribution < 1.29 is 23.8 Å². The lowest BCUT2D eigenvalue weighted by molar-refractivity contribution is -0.130. The van der Waals surface area contributed by atoms with E-state index in [1.807, 2.05) is 0 Å². The van der Waals surface area contributed by atoms with Crippen LogP contribution in [0.1, 0.15) is 12.5 Å². The van der Waals surface area contributed by atoms with E-state index in [1.54, 1.807) is 18.2 Å². The Morgan fingerprint density at radius 2 is 1.94 bits per heavy atom. The molecule has 0 radical (unpaired) electrons. The van der Waals surface area contributed by atoms with Crippen molar-refractivity contribution >= 4 is 12.0 Å². The Morgan fingerprint density at radius 3 is 2.44 bits per heavy atom. The molecule has 1 atom stereocenters. The molecule has 0 saturated carbocycles. The zero-order chi connectivity index (χ0) is 13.3.